The summed E-state index contributed by atoms with van der Waals surface area (Å²) in [5.74, 6) is 0.536. The second-order valence-corrected chi connectivity index (χ2v) is 14.2. The van der Waals surface area contributed by atoms with Crippen molar-refractivity contribution in [3.8, 4) is 0 Å². The minimum absolute atomic E-state index is 0.157. The van der Waals surface area contributed by atoms with Crippen molar-refractivity contribution in [3.63, 3.8) is 0 Å². The number of rotatable bonds is 5. The van der Waals surface area contributed by atoms with Crippen LogP contribution in [0.15, 0.2) is 88.1 Å². The first kappa shape index (κ1) is 22.6. The summed E-state index contributed by atoms with van der Waals surface area (Å²) in [6, 6.07) is 26.4. The van der Waals surface area contributed by atoms with Gasteiger partial charge in [0.15, 0.2) is 0 Å². The maximum absolute atomic E-state index is 12.8. The van der Waals surface area contributed by atoms with Crippen molar-refractivity contribution in [2.45, 2.75) is 38.8 Å². The Morgan fingerprint density at radius 3 is 2.03 bits per heavy atom. The highest BCUT2D eigenvalue weighted by Gasteiger charge is 2.51. The van der Waals surface area contributed by atoms with Gasteiger partial charge in [-0.1, -0.05) is 97.4 Å². The zero-order valence-electron chi connectivity index (χ0n) is 18.7. The summed E-state index contributed by atoms with van der Waals surface area (Å²) in [5, 5.41) is 2.78. The molecular weight excluding hydrogens is 480 g/mol. The summed E-state index contributed by atoms with van der Waals surface area (Å²) in [7, 11) is -2.76. The first-order chi connectivity index (χ1) is 15.2. The van der Waals surface area contributed by atoms with E-state index in [4.69, 9.17) is 9.41 Å². The molecule has 1 aromatic heterocycles. The number of benzene rings is 3. The lowest BCUT2D eigenvalue weighted by Crippen LogP contribution is -2.66. The van der Waals surface area contributed by atoms with Crippen LogP contribution >= 0.6 is 15.9 Å². The number of halogens is 1. The van der Waals surface area contributed by atoms with Crippen LogP contribution in [0.1, 0.15) is 39.6 Å². The zero-order valence-corrected chi connectivity index (χ0v) is 21.3. The van der Waals surface area contributed by atoms with Gasteiger partial charge in [-0.25, -0.2) is 4.98 Å². The molecule has 4 rings (SSSR count). The molecule has 164 valence electrons. The van der Waals surface area contributed by atoms with Gasteiger partial charge < -0.3 is 9.41 Å². The Morgan fingerprint density at radius 2 is 1.50 bits per heavy atom. The minimum Gasteiger partial charge on any atom is -0.398 e. The van der Waals surface area contributed by atoms with Crippen LogP contribution in [0.5, 0.6) is 0 Å². The molecule has 6 heteroatoms. The minimum atomic E-state index is -2.76. The van der Waals surface area contributed by atoms with Crippen LogP contribution in [0.3, 0.4) is 0 Å². The first-order valence-corrected chi connectivity index (χ1v) is 13.4. The fraction of sp³-hybridized carbons (Fsp3) is 0.231. The number of nitrogens with zero attached hydrogens (tertiary/aromatic N) is 1. The monoisotopic (exact) mass is 506 g/mol. The van der Waals surface area contributed by atoms with Crippen molar-refractivity contribution < 1.29 is 4.43 Å². The Kier molecular flexibility index (Phi) is 6.21. The molecule has 0 saturated carbocycles. The smallest absolute Gasteiger partial charge is 0.262 e. The largest absolute Gasteiger partial charge is 0.398 e. The highest BCUT2D eigenvalue weighted by atomic mass is 79.9. The van der Waals surface area contributed by atoms with Crippen LogP contribution in [-0.4, -0.2) is 18.3 Å². The van der Waals surface area contributed by atoms with Crippen molar-refractivity contribution in [2.24, 2.45) is 0 Å². The third-order valence-electron chi connectivity index (χ3n) is 5.84. The first-order valence-electron chi connectivity index (χ1n) is 10.7. The number of hydrogen-bond donors (Lipinski definition) is 1. The predicted molar refractivity (Wildman–Crippen MR) is 137 cm³/mol. The Hall–Kier alpha value is -2.54. The van der Waals surface area contributed by atoms with Gasteiger partial charge in [0.1, 0.15) is 11.9 Å². The third-order valence-corrected chi connectivity index (χ3v) is 11.4. The number of aromatic nitrogens is 2. The molecule has 0 amide bonds. The molecule has 0 aliphatic carbocycles. The average Bonchev–Trinajstić information content (AvgIpc) is 2.77. The number of H-pyrrole nitrogens is 1. The van der Waals surface area contributed by atoms with Crippen LogP contribution < -0.4 is 15.9 Å². The quantitative estimate of drug-likeness (QED) is 0.372. The summed E-state index contributed by atoms with van der Waals surface area (Å²) in [5.41, 5.74) is 0.492. The summed E-state index contributed by atoms with van der Waals surface area (Å²) in [6.45, 7) is 8.68. The highest BCUT2D eigenvalue weighted by molar-refractivity contribution is 9.10. The Bertz CT molecular complexity index is 1240. The average molecular weight is 508 g/mol. The van der Waals surface area contributed by atoms with E-state index in [0.717, 1.165) is 4.47 Å². The highest BCUT2D eigenvalue weighted by Crippen LogP contribution is 2.39. The SMILES string of the molecule is C[C@@H](O[Si](c1ccccc1)(c1ccccc1)C(C)(C)C)c1nc2cc(Br)ccc2c(=O)[nH]1. The number of aromatic amines is 1. The second kappa shape index (κ2) is 8.77. The third kappa shape index (κ3) is 4.10. The number of nitrogens with one attached hydrogen (secondary N) is 1. The number of hydrogen-bond acceptors (Lipinski definition) is 3. The van der Waals surface area contributed by atoms with Gasteiger partial charge in [-0.15, -0.1) is 0 Å². The number of fused-ring (bicyclic) bond motifs is 1. The topological polar surface area (TPSA) is 55.0 Å². The molecule has 4 nitrogen and oxygen atoms in total. The van der Waals surface area contributed by atoms with Gasteiger partial charge in [0.05, 0.1) is 10.9 Å². The van der Waals surface area contributed by atoms with E-state index >= 15 is 0 Å². The molecule has 0 unspecified atom stereocenters. The Labute approximate surface area is 198 Å². The van der Waals surface area contributed by atoms with Crippen molar-refractivity contribution in [1.82, 2.24) is 9.97 Å². The van der Waals surface area contributed by atoms with E-state index in [1.807, 2.05) is 31.2 Å². The maximum Gasteiger partial charge on any atom is 0.262 e. The Morgan fingerprint density at radius 1 is 0.938 bits per heavy atom. The van der Waals surface area contributed by atoms with Gasteiger partial charge >= 0.3 is 0 Å². The van der Waals surface area contributed by atoms with Gasteiger partial charge in [0.25, 0.3) is 13.9 Å². The molecule has 0 fully saturated rings. The van der Waals surface area contributed by atoms with Crippen molar-refractivity contribution in [2.75, 3.05) is 0 Å². The maximum atomic E-state index is 12.8. The van der Waals surface area contributed by atoms with Crippen LogP contribution in [-0.2, 0) is 4.43 Å². The van der Waals surface area contributed by atoms with E-state index < -0.39 is 14.4 Å². The van der Waals surface area contributed by atoms with Crippen molar-refractivity contribution >= 4 is 45.5 Å². The summed E-state index contributed by atoms with van der Waals surface area (Å²) >= 11 is 3.48. The predicted octanol–water partition coefficient (Wildman–Crippen LogP) is 5.32. The molecule has 0 bridgehead atoms. The molecule has 1 N–H and O–H groups in total. The molecule has 3 aromatic carbocycles. The molecule has 4 aromatic rings. The normalized spacial score (nSPS) is 13.3. The van der Waals surface area contributed by atoms with Gasteiger partial charge in [0.2, 0.25) is 0 Å². The lowest BCUT2D eigenvalue weighted by molar-refractivity contribution is 0.201. The van der Waals surface area contributed by atoms with E-state index in [-0.39, 0.29) is 10.6 Å². The van der Waals surface area contributed by atoms with Crippen LogP contribution in [0.25, 0.3) is 10.9 Å². The van der Waals surface area contributed by atoms with Gasteiger partial charge in [-0.2, -0.15) is 0 Å². The molecule has 0 spiro atoms. The van der Waals surface area contributed by atoms with E-state index in [2.05, 4.69) is 90.2 Å². The molecule has 1 heterocycles. The van der Waals surface area contributed by atoms with E-state index in [0.29, 0.717) is 16.7 Å². The fourth-order valence-electron chi connectivity index (χ4n) is 4.34. The van der Waals surface area contributed by atoms with Gasteiger partial charge in [0, 0.05) is 4.47 Å². The molecule has 0 aliphatic heterocycles. The van der Waals surface area contributed by atoms with Crippen LogP contribution in [0.4, 0.5) is 0 Å². The van der Waals surface area contributed by atoms with E-state index in [1.165, 1.54) is 10.4 Å². The molecule has 32 heavy (non-hydrogen) atoms. The Balaban J connectivity index is 1.88. The van der Waals surface area contributed by atoms with Gasteiger partial charge in [-0.05, 0) is 40.5 Å². The summed E-state index contributed by atoms with van der Waals surface area (Å²) in [4.78, 5) is 20.5. The molecule has 0 aliphatic rings. The molecule has 0 saturated heterocycles. The lowest BCUT2D eigenvalue weighted by Gasteiger charge is -2.44. The summed E-state index contributed by atoms with van der Waals surface area (Å²) < 4.78 is 7.97. The zero-order chi connectivity index (χ0) is 22.9. The molecule has 1 atom stereocenters. The van der Waals surface area contributed by atoms with Crippen molar-refractivity contribution in [1.29, 1.82) is 0 Å². The molecule has 0 radical (unpaired) electrons. The van der Waals surface area contributed by atoms with E-state index in [1.54, 1.807) is 6.07 Å². The standard InChI is InChI=1S/C26H27BrN2O2Si/c1-18(24-28-23-17-19(27)15-16-22(23)25(30)29-24)31-32(26(2,3)4,20-11-7-5-8-12-20)21-13-9-6-10-14-21/h5-18H,1-4H3,(H,28,29,30)/t18-/m1/s1. The van der Waals surface area contributed by atoms with Crippen LogP contribution in [0, 0.1) is 0 Å². The van der Waals surface area contributed by atoms with Crippen molar-refractivity contribution in [3.05, 3.63) is 99.5 Å². The second-order valence-electron chi connectivity index (χ2n) is 9.04. The van der Waals surface area contributed by atoms with E-state index in [9.17, 15) is 4.79 Å². The lowest BCUT2D eigenvalue weighted by atomic mass is 10.2. The summed E-state index contributed by atoms with van der Waals surface area (Å²) in [6.07, 6.45) is -0.405. The fourth-order valence-corrected chi connectivity index (χ4v) is 9.34. The van der Waals surface area contributed by atoms with Gasteiger partial charge in [-0.3, -0.25) is 4.79 Å². The van der Waals surface area contributed by atoms with Crippen LogP contribution in [0.2, 0.25) is 5.04 Å². The molecular formula is C26H27BrN2O2Si.